The number of nitrogens with two attached hydrogens (primary N) is 1. The van der Waals surface area contributed by atoms with Crippen molar-refractivity contribution in [2.24, 2.45) is 5.73 Å². The van der Waals surface area contributed by atoms with Crippen LogP contribution in [0.25, 0.3) is 0 Å². The summed E-state index contributed by atoms with van der Waals surface area (Å²) in [7, 11) is 0. The number of nitrogens with one attached hydrogen (secondary N) is 1. The van der Waals surface area contributed by atoms with Gasteiger partial charge in [-0.1, -0.05) is 0 Å². The Morgan fingerprint density at radius 3 is 2.33 bits per heavy atom. The van der Waals surface area contributed by atoms with E-state index in [1.807, 2.05) is 0 Å². The number of rotatable bonds is 3. The van der Waals surface area contributed by atoms with E-state index in [2.05, 4.69) is 24.1 Å². The maximum Gasteiger partial charge on any atom is 0.321 e. The second-order valence-electron chi connectivity index (χ2n) is 5.93. The highest BCUT2D eigenvalue weighted by Gasteiger charge is 2.30. The summed E-state index contributed by atoms with van der Waals surface area (Å²) in [6, 6.07) is 5.63. The van der Waals surface area contributed by atoms with Crippen molar-refractivity contribution < 1.29 is 9.18 Å². The molecule has 1 heterocycles. The summed E-state index contributed by atoms with van der Waals surface area (Å²) in [5, 5.41) is 2.78. The molecule has 116 valence electrons. The van der Waals surface area contributed by atoms with Crippen LogP contribution in [0.4, 0.5) is 14.9 Å². The molecule has 21 heavy (non-hydrogen) atoms. The number of amides is 2. The fraction of sp³-hybridized carbons (Fsp3) is 0.533. The molecule has 1 aromatic rings. The van der Waals surface area contributed by atoms with Crippen LogP contribution in [-0.2, 0) is 0 Å². The predicted molar refractivity (Wildman–Crippen MR) is 81.7 cm³/mol. The van der Waals surface area contributed by atoms with E-state index in [4.69, 9.17) is 5.73 Å². The molecule has 0 radical (unpaired) electrons. The normalized spacial score (nSPS) is 16.9. The van der Waals surface area contributed by atoms with Crippen LogP contribution in [0.15, 0.2) is 24.3 Å². The van der Waals surface area contributed by atoms with Gasteiger partial charge in [-0.25, -0.2) is 9.18 Å². The minimum absolute atomic E-state index is 0.0421. The topological polar surface area (TPSA) is 61.6 Å². The van der Waals surface area contributed by atoms with Crippen molar-refractivity contribution in [3.05, 3.63) is 30.1 Å². The smallest absolute Gasteiger partial charge is 0.321 e. The van der Waals surface area contributed by atoms with Crippen molar-refractivity contribution in [2.45, 2.75) is 19.4 Å². The molecule has 2 amide bonds. The summed E-state index contributed by atoms with van der Waals surface area (Å²) in [6.07, 6.45) is 0. The number of halogens is 1. The second-order valence-corrected chi connectivity index (χ2v) is 5.93. The Kier molecular flexibility index (Phi) is 4.80. The first-order valence-electron chi connectivity index (χ1n) is 7.19. The first-order valence-corrected chi connectivity index (χ1v) is 7.19. The molecule has 1 aliphatic rings. The lowest BCUT2D eigenvalue weighted by atomic mass is 10.0. The van der Waals surface area contributed by atoms with Crippen LogP contribution in [0.5, 0.6) is 0 Å². The van der Waals surface area contributed by atoms with E-state index in [0.29, 0.717) is 25.3 Å². The molecule has 5 nitrogen and oxygen atoms in total. The highest BCUT2D eigenvalue weighted by Crippen LogP contribution is 2.16. The van der Waals surface area contributed by atoms with E-state index in [1.165, 1.54) is 12.1 Å². The van der Waals surface area contributed by atoms with Crippen molar-refractivity contribution >= 4 is 11.7 Å². The van der Waals surface area contributed by atoms with E-state index in [0.717, 1.165) is 13.1 Å². The van der Waals surface area contributed by atoms with Gasteiger partial charge in [0.05, 0.1) is 0 Å². The fourth-order valence-corrected chi connectivity index (χ4v) is 2.38. The third-order valence-corrected chi connectivity index (χ3v) is 4.02. The molecule has 0 bridgehead atoms. The standard InChI is InChI=1S/C15H23FN4O/c1-15(2,11-17)20-9-7-19(8-10-20)14(21)18-13-5-3-12(16)4-6-13/h3-6H,7-11,17H2,1-2H3,(H,18,21). The van der Waals surface area contributed by atoms with Crippen LogP contribution in [0.3, 0.4) is 0 Å². The number of carbonyl (C=O) groups excluding carboxylic acids is 1. The van der Waals surface area contributed by atoms with Gasteiger partial charge < -0.3 is 16.0 Å². The number of hydrogen-bond donors (Lipinski definition) is 2. The number of nitrogens with zero attached hydrogens (tertiary/aromatic N) is 2. The summed E-state index contributed by atoms with van der Waals surface area (Å²) in [5.41, 5.74) is 6.34. The van der Waals surface area contributed by atoms with Gasteiger partial charge in [-0.05, 0) is 38.1 Å². The number of carbonyl (C=O) groups is 1. The second kappa shape index (κ2) is 6.41. The van der Waals surface area contributed by atoms with Crippen LogP contribution in [-0.4, -0.2) is 54.1 Å². The summed E-state index contributed by atoms with van der Waals surface area (Å²) in [6.45, 7) is 7.76. The van der Waals surface area contributed by atoms with Gasteiger partial charge in [-0.15, -0.1) is 0 Å². The van der Waals surface area contributed by atoms with E-state index >= 15 is 0 Å². The van der Waals surface area contributed by atoms with Crippen molar-refractivity contribution in [2.75, 3.05) is 38.0 Å². The Morgan fingerprint density at radius 2 is 1.81 bits per heavy atom. The van der Waals surface area contributed by atoms with Crippen LogP contribution in [0, 0.1) is 5.82 Å². The zero-order chi connectivity index (χ0) is 15.5. The number of benzene rings is 1. The molecule has 0 aliphatic carbocycles. The zero-order valence-electron chi connectivity index (χ0n) is 12.6. The number of hydrogen-bond acceptors (Lipinski definition) is 3. The SMILES string of the molecule is CC(C)(CN)N1CCN(C(=O)Nc2ccc(F)cc2)CC1. The molecule has 0 saturated carbocycles. The molecule has 0 aromatic heterocycles. The van der Waals surface area contributed by atoms with Gasteiger partial charge in [0.1, 0.15) is 5.82 Å². The Labute approximate surface area is 124 Å². The molecule has 3 N–H and O–H groups in total. The summed E-state index contributed by atoms with van der Waals surface area (Å²) < 4.78 is 12.8. The zero-order valence-corrected chi connectivity index (χ0v) is 12.6. The number of anilines is 1. The van der Waals surface area contributed by atoms with Gasteiger partial charge in [0.2, 0.25) is 0 Å². The maximum atomic E-state index is 12.8. The van der Waals surface area contributed by atoms with Gasteiger partial charge >= 0.3 is 6.03 Å². The number of piperazine rings is 1. The van der Waals surface area contributed by atoms with E-state index < -0.39 is 0 Å². The first-order chi connectivity index (χ1) is 9.92. The minimum Gasteiger partial charge on any atom is -0.329 e. The molecule has 6 heteroatoms. The molecule has 1 saturated heterocycles. The summed E-state index contributed by atoms with van der Waals surface area (Å²) in [4.78, 5) is 16.2. The molecule has 0 atom stereocenters. The van der Waals surface area contributed by atoms with Crippen molar-refractivity contribution in [3.8, 4) is 0 Å². The molecule has 1 aromatic carbocycles. The maximum absolute atomic E-state index is 12.8. The minimum atomic E-state index is -0.314. The summed E-state index contributed by atoms with van der Waals surface area (Å²) >= 11 is 0. The van der Waals surface area contributed by atoms with E-state index in [9.17, 15) is 9.18 Å². The molecular formula is C15H23FN4O. The number of urea groups is 1. The third kappa shape index (κ3) is 3.92. The fourth-order valence-electron chi connectivity index (χ4n) is 2.38. The molecule has 2 rings (SSSR count). The molecule has 0 unspecified atom stereocenters. The lowest BCUT2D eigenvalue weighted by Crippen LogP contribution is -2.58. The van der Waals surface area contributed by atoms with E-state index in [1.54, 1.807) is 17.0 Å². The molecule has 1 aliphatic heterocycles. The van der Waals surface area contributed by atoms with Gasteiger partial charge in [0.25, 0.3) is 0 Å². The largest absolute Gasteiger partial charge is 0.329 e. The van der Waals surface area contributed by atoms with Crippen molar-refractivity contribution in [1.82, 2.24) is 9.80 Å². The molecule has 0 spiro atoms. The van der Waals surface area contributed by atoms with Crippen LogP contribution in [0.2, 0.25) is 0 Å². The lowest BCUT2D eigenvalue weighted by Gasteiger charge is -2.43. The Balaban J connectivity index is 1.87. The monoisotopic (exact) mass is 294 g/mol. The van der Waals surface area contributed by atoms with Gasteiger partial charge in [0.15, 0.2) is 0 Å². The Hall–Kier alpha value is -1.66. The van der Waals surface area contributed by atoms with Crippen molar-refractivity contribution in [1.29, 1.82) is 0 Å². The average Bonchev–Trinajstić information content (AvgIpc) is 2.49. The molecule has 1 fully saturated rings. The molecular weight excluding hydrogens is 271 g/mol. The van der Waals surface area contributed by atoms with Crippen molar-refractivity contribution in [3.63, 3.8) is 0 Å². The van der Waals surface area contributed by atoms with E-state index in [-0.39, 0.29) is 17.4 Å². The Morgan fingerprint density at radius 1 is 1.24 bits per heavy atom. The third-order valence-electron chi connectivity index (χ3n) is 4.02. The predicted octanol–water partition coefficient (Wildman–Crippen LogP) is 1.71. The van der Waals surface area contributed by atoms with Crippen LogP contribution in [0.1, 0.15) is 13.8 Å². The van der Waals surface area contributed by atoms with Gasteiger partial charge in [-0.3, -0.25) is 4.90 Å². The Bertz CT molecular complexity index is 481. The van der Waals surface area contributed by atoms with Crippen LogP contribution < -0.4 is 11.1 Å². The first kappa shape index (κ1) is 15.7. The van der Waals surface area contributed by atoms with Gasteiger partial charge in [-0.2, -0.15) is 0 Å². The average molecular weight is 294 g/mol. The van der Waals surface area contributed by atoms with Gasteiger partial charge in [0, 0.05) is 44.0 Å². The highest BCUT2D eigenvalue weighted by atomic mass is 19.1. The quantitative estimate of drug-likeness (QED) is 0.892. The lowest BCUT2D eigenvalue weighted by molar-refractivity contribution is 0.0715. The summed E-state index contributed by atoms with van der Waals surface area (Å²) in [5.74, 6) is -0.314. The van der Waals surface area contributed by atoms with Crippen LogP contribution >= 0.6 is 0 Å². The highest BCUT2D eigenvalue weighted by molar-refractivity contribution is 5.89.